The van der Waals surface area contributed by atoms with Crippen LogP contribution in [0.15, 0.2) is 18.2 Å². The number of ether oxygens (including phenoxy) is 2. The van der Waals surface area contributed by atoms with Crippen molar-refractivity contribution in [3.63, 3.8) is 0 Å². The van der Waals surface area contributed by atoms with E-state index in [2.05, 4.69) is 13.8 Å². The molecule has 0 aromatic heterocycles. The van der Waals surface area contributed by atoms with Gasteiger partial charge in [0.25, 0.3) is 0 Å². The Hall–Kier alpha value is -1.79. The molecule has 1 aliphatic rings. The fourth-order valence-corrected chi connectivity index (χ4v) is 4.52. The van der Waals surface area contributed by atoms with Gasteiger partial charge in [-0.1, -0.05) is 45.4 Å². The molecule has 1 atom stereocenters. The van der Waals surface area contributed by atoms with Gasteiger partial charge in [-0.15, -0.1) is 5.06 Å². The van der Waals surface area contributed by atoms with Crippen LogP contribution < -0.4 is 0 Å². The van der Waals surface area contributed by atoms with E-state index in [1.54, 1.807) is 18.1 Å². The highest BCUT2D eigenvalue weighted by atomic mass is 35.5. The average molecular weight is 412 g/mol. The standard InChI is InChI=1S/C21H30ClNO5/c1-7-20(8-2)16-12-11-15(18(24)26-6)13-17(16)21(9-3,10-4)23(20)28-19(25)27-14(5)22/h11-14H,7-10H2,1-6H3. The second-order valence-electron chi connectivity index (χ2n) is 7.03. The summed E-state index contributed by atoms with van der Waals surface area (Å²) >= 11 is 5.80. The van der Waals surface area contributed by atoms with E-state index in [0.717, 1.165) is 24.0 Å². The van der Waals surface area contributed by atoms with Gasteiger partial charge >= 0.3 is 12.1 Å². The lowest BCUT2D eigenvalue weighted by molar-refractivity contribution is -0.251. The Kier molecular flexibility index (Phi) is 6.99. The third-order valence-corrected chi connectivity index (χ3v) is 6.07. The van der Waals surface area contributed by atoms with Crippen LogP contribution in [-0.2, 0) is 25.4 Å². The number of carbonyl (C=O) groups is 2. The molecule has 0 spiro atoms. The molecule has 2 rings (SSSR count). The van der Waals surface area contributed by atoms with Crippen LogP contribution >= 0.6 is 11.6 Å². The van der Waals surface area contributed by atoms with Crippen molar-refractivity contribution in [3.8, 4) is 0 Å². The Morgan fingerprint density at radius 1 is 1.04 bits per heavy atom. The van der Waals surface area contributed by atoms with E-state index in [0.29, 0.717) is 18.4 Å². The smallest absolute Gasteiger partial charge is 0.465 e. The number of alkyl halides is 1. The Morgan fingerprint density at radius 3 is 2.04 bits per heavy atom. The van der Waals surface area contributed by atoms with Gasteiger partial charge in [0.1, 0.15) is 0 Å². The van der Waals surface area contributed by atoms with E-state index < -0.39 is 28.8 Å². The van der Waals surface area contributed by atoms with Crippen molar-refractivity contribution in [3.05, 3.63) is 34.9 Å². The Bertz CT molecular complexity index is 726. The number of rotatable bonds is 7. The fourth-order valence-electron chi connectivity index (χ4n) is 4.45. The van der Waals surface area contributed by atoms with Crippen LogP contribution in [0.25, 0.3) is 0 Å². The molecule has 0 aliphatic carbocycles. The predicted octanol–water partition coefficient (Wildman–Crippen LogP) is 5.47. The molecule has 0 N–H and O–H groups in total. The van der Waals surface area contributed by atoms with Crippen LogP contribution in [0.1, 0.15) is 81.8 Å². The first-order valence-electron chi connectivity index (χ1n) is 9.82. The first kappa shape index (κ1) is 22.5. The van der Waals surface area contributed by atoms with Crippen LogP contribution in [0.5, 0.6) is 0 Å². The van der Waals surface area contributed by atoms with Gasteiger partial charge in [0.2, 0.25) is 0 Å². The first-order valence-corrected chi connectivity index (χ1v) is 10.3. The third kappa shape index (κ3) is 3.48. The van der Waals surface area contributed by atoms with E-state index in [4.69, 9.17) is 25.9 Å². The third-order valence-electron chi connectivity index (χ3n) is 5.98. The molecular weight excluding hydrogens is 382 g/mol. The summed E-state index contributed by atoms with van der Waals surface area (Å²) in [4.78, 5) is 30.3. The van der Waals surface area contributed by atoms with Gasteiger partial charge in [-0.2, -0.15) is 0 Å². The molecule has 1 heterocycles. The summed E-state index contributed by atoms with van der Waals surface area (Å²) in [5.74, 6) is -0.391. The highest BCUT2D eigenvalue weighted by Gasteiger charge is 2.58. The lowest BCUT2D eigenvalue weighted by Crippen LogP contribution is -2.51. The van der Waals surface area contributed by atoms with Gasteiger partial charge < -0.3 is 14.3 Å². The highest BCUT2D eigenvalue weighted by molar-refractivity contribution is 6.19. The second kappa shape index (κ2) is 8.70. The molecule has 0 fully saturated rings. The summed E-state index contributed by atoms with van der Waals surface area (Å²) in [6.45, 7) is 9.78. The largest absolute Gasteiger partial charge is 0.529 e. The van der Waals surface area contributed by atoms with Crippen LogP contribution in [-0.4, -0.2) is 29.9 Å². The molecule has 7 heteroatoms. The summed E-state index contributed by atoms with van der Waals surface area (Å²) in [5.41, 5.74) is 0.618. The minimum Gasteiger partial charge on any atom is -0.465 e. The average Bonchev–Trinajstić information content (AvgIpc) is 2.92. The van der Waals surface area contributed by atoms with Gasteiger partial charge in [0.05, 0.1) is 23.8 Å². The SMILES string of the molecule is CCC1(CC)c2ccc(C(=O)OC)cc2C(CC)(CC)N1OC(=O)OC(C)Cl. The lowest BCUT2D eigenvalue weighted by Gasteiger charge is -2.44. The molecule has 1 aliphatic heterocycles. The van der Waals surface area contributed by atoms with Crippen molar-refractivity contribution in [2.75, 3.05) is 7.11 Å². The van der Waals surface area contributed by atoms with E-state index in [1.807, 2.05) is 26.0 Å². The number of hydrogen-bond donors (Lipinski definition) is 0. The van der Waals surface area contributed by atoms with Crippen molar-refractivity contribution in [2.24, 2.45) is 0 Å². The highest BCUT2D eigenvalue weighted by Crippen LogP contribution is 2.56. The minimum atomic E-state index is -0.832. The number of benzene rings is 1. The molecule has 0 saturated heterocycles. The van der Waals surface area contributed by atoms with Crippen LogP contribution in [0, 0.1) is 0 Å². The van der Waals surface area contributed by atoms with Crippen molar-refractivity contribution >= 4 is 23.7 Å². The van der Waals surface area contributed by atoms with Crippen LogP contribution in [0.2, 0.25) is 0 Å². The zero-order valence-corrected chi connectivity index (χ0v) is 18.3. The van der Waals surface area contributed by atoms with Crippen LogP contribution in [0.4, 0.5) is 4.79 Å². The zero-order valence-electron chi connectivity index (χ0n) is 17.5. The number of nitrogens with zero attached hydrogens (tertiary/aromatic N) is 1. The summed E-state index contributed by atoms with van der Waals surface area (Å²) in [7, 11) is 1.36. The van der Waals surface area contributed by atoms with Gasteiger partial charge in [-0.25, -0.2) is 9.59 Å². The molecular formula is C21H30ClNO5. The zero-order chi connectivity index (χ0) is 21.1. The molecule has 1 aromatic carbocycles. The molecule has 28 heavy (non-hydrogen) atoms. The quantitative estimate of drug-likeness (QED) is 0.437. The van der Waals surface area contributed by atoms with Crippen molar-refractivity contribution in [1.82, 2.24) is 5.06 Å². The van der Waals surface area contributed by atoms with Crippen molar-refractivity contribution < 1.29 is 23.9 Å². The molecule has 0 amide bonds. The maximum Gasteiger partial charge on any atom is 0.529 e. The van der Waals surface area contributed by atoms with E-state index in [9.17, 15) is 9.59 Å². The summed E-state index contributed by atoms with van der Waals surface area (Å²) < 4.78 is 9.94. The number of halogens is 1. The number of carbonyl (C=O) groups excluding carboxylic acids is 2. The number of hydrogen-bond acceptors (Lipinski definition) is 6. The Morgan fingerprint density at radius 2 is 1.57 bits per heavy atom. The monoisotopic (exact) mass is 411 g/mol. The molecule has 6 nitrogen and oxygen atoms in total. The predicted molar refractivity (Wildman–Crippen MR) is 107 cm³/mol. The molecule has 0 bridgehead atoms. The second-order valence-corrected chi connectivity index (χ2v) is 7.64. The summed E-state index contributed by atoms with van der Waals surface area (Å²) in [6, 6.07) is 5.59. The van der Waals surface area contributed by atoms with Gasteiger partial charge in [0, 0.05) is 0 Å². The number of esters is 1. The summed E-state index contributed by atoms with van der Waals surface area (Å²) in [5, 5.41) is 1.79. The number of hydroxylamine groups is 2. The van der Waals surface area contributed by atoms with E-state index in [1.165, 1.54) is 7.11 Å². The normalized spacial score (nSPS) is 18.2. The van der Waals surface area contributed by atoms with Crippen LogP contribution in [0.3, 0.4) is 0 Å². The summed E-state index contributed by atoms with van der Waals surface area (Å²) in [6.07, 6.45) is 1.99. The maximum atomic E-state index is 12.4. The van der Waals surface area contributed by atoms with E-state index >= 15 is 0 Å². The van der Waals surface area contributed by atoms with Gasteiger partial charge in [-0.05, 0) is 55.9 Å². The lowest BCUT2D eigenvalue weighted by atomic mass is 9.82. The van der Waals surface area contributed by atoms with Gasteiger partial charge in [0.15, 0.2) is 5.56 Å². The molecule has 1 aromatic rings. The van der Waals surface area contributed by atoms with Crippen molar-refractivity contribution in [1.29, 1.82) is 0 Å². The fraction of sp³-hybridized carbons (Fsp3) is 0.619. The topological polar surface area (TPSA) is 65.1 Å². The number of fused-ring (bicyclic) bond motifs is 1. The maximum absolute atomic E-state index is 12.4. The van der Waals surface area contributed by atoms with E-state index in [-0.39, 0.29) is 0 Å². The van der Waals surface area contributed by atoms with Crippen molar-refractivity contribution in [2.45, 2.75) is 76.9 Å². The Labute approximate surface area is 172 Å². The molecule has 0 radical (unpaired) electrons. The van der Waals surface area contributed by atoms with Gasteiger partial charge in [-0.3, -0.25) is 0 Å². The Balaban J connectivity index is 2.68. The molecule has 0 saturated carbocycles. The molecule has 1 unspecified atom stereocenters. The first-order chi connectivity index (χ1) is 13.3. The molecule has 156 valence electrons. The minimum absolute atomic E-state index is 0.391. The number of methoxy groups -OCH3 is 1.